The van der Waals surface area contributed by atoms with Crippen LogP contribution in [0.5, 0.6) is 0 Å². The second kappa shape index (κ2) is 7.38. The number of nitrogens with one attached hydrogen (secondary N) is 1. The van der Waals surface area contributed by atoms with E-state index in [0.29, 0.717) is 4.21 Å². The summed E-state index contributed by atoms with van der Waals surface area (Å²) in [5.74, 6) is 0. The lowest BCUT2D eigenvalue weighted by Crippen LogP contribution is -2.34. The smallest absolute Gasteiger partial charge is 0.252 e. The fraction of sp³-hybridized carbons (Fsp3) is 0.692. The molecule has 1 N–H and O–H groups in total. The van der Waals surface area contributed by atoms with Crippen LogP contribution < -0.4 is 5.32 Å². The number of hydrogen-bond acceptors (Lipinski definition) is 4. The van der Waals surface area contributed by atoms with E-state index in [2.05, 4.69) is 12.2 Å². The van der Waals surface area contributed by atoms with Gasteiger partial charge in [0.1, 0.15) is 4.21 Å². The van der Waals surface area contributed by atoms with Crippen molar-refractivity contribution in [2.24, 2.45) is 0 Å². The van der Waals surface area contributed by atoms with Gasteiger partial charge in [0, 0.05) is 24.5 Å². The van der Waals surface area contributed by atoms with Crippen molar-refractivity contribution in [2.75, 3.05) is 13.6 Å². The zero-order chi connectivity index (χ0) is 14.5. The predicted octanol–water partition coefficient (Wildman–Crippen LogP) is 2.67. The molecule has 0 spiro atoms. The summed E-state index contributed by atoms with van der Waals surface area (Å²) >= 11 is 1.35. The molecule has 0 aliphatic rings. The number of sulfonamides is 1. The molecular formula is C13H24N2O2S2. The molecule has 1 unspecified atom stereocenters. The summed E-state index contributed by atoms with van der Waals surface area (Å²) in [7, 11) is -1.68. The van der Waals surface area contributed by atoms with Crippen molar-refractivity contribution in [2.45, 2.75) is 50.4 Å². The maximum atomic E-state index is 12.4. The first-order chi connectivity index (χ1) is 8.93. The number of thiophene rings is 1. The van der Waals surface area contributed by atoms with Crippen LogP contribution >= 0.6 is 11.3 Å². The van der Waals surface area contributed by atoms with Crippen LogP contribution in [-0.2, 0) is 16.6 Å². The minimum atomic E-state index is -3.34. The van der Waals surface area contributed by atoms with Gasteiger partial charge in [0.05, 0.1) is 0 Å². The van der Waals surface area contributed by atoms with E-state index in [1.807, 2.05) is 19.9 Å². The van der Waals surface area contributed by atoms with Crippen LogP contribution in [0.4, 0.5) is 0 Å². The molecule has 4 nitrogen and oxygen atoms in total. The van der Waals surface area contributed by atoms with E-state index in [4.69, 9.17) is 0 Å². The monoisotopic (exact) mass is 304 g/mol. The molecule has 0 saturated carbocycles. The van der Waals surface area contributed by atoms with Gasteiger partial charge in [0.2, 0.25) is 0 Å². The summed E-state index contributed by atoms with van der Waals surface area (Å²) in [6.07, 6.45) is 1.89. The fourth-order valence-electron chi connectivity index (χ4n) is 1.62. The Balaban J connectivity index is 2.79. The summed E-state index contributed by atoms with van der Waals surface area (Å²) in [4.78, 5) is 1.06. The first-order valence-corrected chi connectivity index (χ1v) is 8.96. The maximum Gasteiger partial charge on any atom is 0.252 e. The third-order valence-electron chi connectivity index (χ3n) is 3.21. The second-order valence-corrected chi connectivity index (χ2v) is 8.07. The van der Waals surface area contributed by atoms with E-state index in [1.54, 1.807) is 13.1 Å². The molecule has 1 aromatic rings. The molecule has 0 bridgehead atoms. The highest BCUT2D eigenvalue weighted by molar-refractivity contribution is 7.91. The van der Waals surface area contributed by atoms with Crippen molar-refractivity contribution >= 4 is 21.4 Å². The minimum absolute atomic E-state index is 0.0220. The van der Waals surface area contributed by atoms with Gasteiger partial charge >= 0.3 is 0 Å². The van der Waals surface area contributed by atoms with Crippen LogP contribution in [0.1, 0.15) is 38.5 Å². The maximum absolute atomic E-state index is 12.4. The lowest BCUT2D eigenvalue weighted by atomic mass is 10.3. The normalized spacial score (nSPS) is 13.9. The molecule has 110 valence electrons. The van der Waals surface area contributed by atoms with Gasteiger partial charge in [-0.2, -0.15) is 4.31 Å². The fourth-order valence-corrected chi connectivity index (χ4v) is 4.56. The van der Waals surface area contributed by atoms with E-state index >= 15 is 0 Å². The summed E-state index contributed by atoms with van der Waals surface area (Å²) in [6, 6.07) is 3.63. The van der Waals surface area contributed by atoms with Crippen LogP contribution in [0.2, 0.25) is 0 Å². The quantitative estimate of drug-likeness (QED) is 0.751. The Hall–Kier alpha value is -0.430. The highest BCUT2D eigenvalue weighted by Gasteiger charge is 2.25. The summed E-state index contributed by atoms with van der Waals surface area (Å²) in [5.41, 5.74) is 0. The number of hydrogen-bond donors (Lipinski definition) is 1. The Morgan fingerprint density at radius 3 is 2.63 bits per heavy atom. The number of nitrogens with zero attached hydrogens (tertiary/aromatic N) is 1. The van der Waals surface area contributed by atoms with Crippen molar-refractivity contribution in [1.29, 1.82) is 0 Å². The molecule has 1 rings (SSSR count). The summed E-state index contributed by atoms with van der Waals surface area (Å²) < 4.78 is 26.7. The van der Waals surface area contributed by atoms with E-state index < -0.39 is 10.0 Å². The van der Waals surface area contributed by atoms with Gasteiger partial charge < -0.3 is 5.32 Å². The van der Waals surface area contributed by atoms with E-state index in [9.17, 15) is 8.42 Å². The molecule has 1 heterocycles. The van der Waals surface area contributed by atoms with Crippen LogP contribution in [0.15, 0.2) is 16.3 Å². The van der Waals surface area contributed by atoms with Gasteiger partial charge in [-0.3, -0.25) is 0 Å². The molecule has 0 aromatic carbocycles. The van der Waals surface area contributed by atoms with Gasteiger partial charge in [0.15, 0.2) is 0 Å². The SMILES string of the molecule is CCCNCc1ccc(S(=O)(=O)N(C)C(C)CC)s1. The first kappa shape index (κ1) is 16.6. The third-order valence-corrected chi connectivity index (χ3v) is 6.73. The molecule has 0 fully saturated rings. The van der Waals surface area contributed by atoms with Crippen LogP contribution in [0.25, 0.3) is 0 Å². The zero-order valence-corrected chi connectivity index (χ0v) is 13.8. The molecule has 0 amide bonds. The Bertz CT molecular complexity index is 483. The first-order valence-electron chi connectivity index (χ1n) is 6.70. The van der Waals surface area contributed by atoms with Gasteiger partial charge in [-0.15, -0.1) is 11.3 Å². The molecular weight excluding hydrogens is 280 g/mol. The van der Waals surface area contributed by atoms with E-state index in [1.165, 1.54) is 15.6 Å². The molecule has 0 aliphatic carbocycles. The molecule has 6 heteroatoms. The van der Waals surface area contributed by atoms with E-state index in [0.717, 1.165) is 30.8 Å². The van der Waals surface area contributed by atoms with E-state index in [-0.39, 0.29) is 6.04 Å². The molecule has 0 radical (unpaired) electrons. The molecule has 19 heavy (non-hydrogen) atoms. The average Bonchev–Trinajstić information content (AvgIpc) is 2.86. The van der Waals surface area contributed by atoms with Crippen LogP contribution in [0, 0.1) is 0 Å². The Labute approximate surface area is 120 Å². The zero-order valence-electron chi connectivity index (χ0n) is 12.1. The van der Waals surface area contributed by atoms with Crippen molar-refractivity contribution < 1.29 is 8.42 Å². The van der Waals surface area contributed by atoms with Crippen LogP contribution in [-0.4, -0.2) is 32.4 Å². The van der Waals surface area contributed by atoms with Crippen molar-refractivity contribution in [3.8, 4) is 0 Å². The van der Waals surface area contributed by atoms with Crippen molar-refractivity contribution in [3.05, 3.63) is 17.0 Å². The topological polar surface area (TPSA) is 49.4 Å². The highest BCUT2D eigenvalue weighted by Crippen LogP contribution is 2.25. The largest absolute Gasteiger partial charge is 0.312 e. The number of rotatable bonds is 8. The lowest BCUT2D eigenvalue weighted by molar-refractivity contribution is 0.381. The standard InChI is InChI=1S/C13H24N2O2S2/c1-5-9-14-10-12-7-8-13(18-12)19(16,17)15(4)11(3)6-2/h7-8,11,14H,5-6,9-10H2,1-4H3. The Kier molecular flexibility index (Phi) is 6.46. The molecule has 0 aliphatic heterocycles. The average molecular weight is 304 g/mol. The molecule has 1 atom stereocenters. The lowest BCUT2D eigenvalue weighted by Gasteiger charge is -2.22. The van der Waals surface area contributed by atoms with Crippen LogP contribution in [0.3, 0.4) is 0 Å². The van der Waals surface area contributed by atoms with Gasteiger partial charge in [0.25, 0.3) is 10.0 Å². The van der Waals surface area contributed by atoms with Gasteiger partial charge in [-0.05, 0) is 38.4 Å². The minimum Gasteiger partial charge on any atom is -0.312 e. The summed E-state index contributed by atoms with van der Waals surface area (Å²) in [5, 5.41) is 3.28. The Morgan fingerprint density at radius 2 is 2.05 bits per heavy atom. The Morgan fingerprint density at radius 1 is 1.37 bits per heavy atom. The molecule has 0 saturated heterocycles. The molecule has 1 aromatic heterocycles. The van der Waals surface area contributed by atoms with Crippen molar-refractivity contribution in [1.82, 2.24) is 9.62 Å². The second-order valence-electron chi connectivity index (χ2n) is 4.68. The predicted molar refractivity (Wildman–Crippen MR) is 81.0 cm³/mol. The van der Waals surface area contributed by atoms with Gasteiger partial charge in [-0.25, -0.2) is 8.42 Å². The highest BCUT2D eigenvalue weighted by atomic mass is 32.2. The van der Waals surface area contributed by atoms with Crippen molar-refractivity contribution in [3.63, 3.8) is 0 Å². The summed E-state index contributed by atoms with van der Waals surface area (Å²) in [6.45, 7) is 7.71. The third kappa shape index (κ3) is 4.27. The van der Waals surface area contributed by atoms with Gasteiger partial charge in [-0.1, -0.05) is 13.8 Å².